The fraction of sp³-hybridized carbons (Fsp3) is 0.364. The second-order valence-electron chi connectivity index (χ2n) is 3.11. The zero-order chi connectivity index (χ0) is 13.6. The van der Waals surface area contributed by atoms with Gasteiger partial charge in [0.1, 0.15) is 0 Å². The average Bonchev–Trinajstić information content (AvgIpc) is 2.26. The van der Waals surface area contributed by atoms with Gasteiger partial charge in [0.25, 0.3) is 0 Å². The number of benzene rings is 1. The zero-order valence-electron chi connectivity index (χ0n) is 9.49. The van der Waals surface area contributed by atoms with Gasteiger partial charge >= 0.3 is 108 Å². The number of rotatable bonds is 5. The monoisotopic (exact) mass is 328 g/mol. The van der Waals surface area contributed by atoms with E-state index >= 15 is 0 Å². The first-order valence-electron chi connectivity index (χ1n) is 5.05. The van der Waals surface area contributed by atoms with Crippen molar-refractivity contribution in [1.29, 1.82) is 0 Å². The summed E-state index contributed by atoms with van der Waals surface area (Å²) in [4.78, 5) is 11.0. The van der Waals surface area contributed by atoms with Crippen LogP contribution in [-0.4, -0.2) is 39.2 Å². The molecule has 1 aromatic carbocycles. The van der Waals surface area contributed by atoms with Crippen LogP contribution < -0.4 is 9.20 Å². The molecular weight excluding hydrogens is 316 g/mol. The average molecular weight is 327 g/mol. The third kappa shape index (κ3) is 5.93. The van der Waals surface area contributed by atoms with Crippen molar-refractivity contribution in [3.8, 4) is 5.75 Å². The molecule has 0 aromatic heterocycles. The molecule has 0 fully saturated rings. The molecule has 1 aromatic rings. The molecule has 0 bridgehead atoms. The molecule has 0 atom stereocenters. The first-order chi connectivity index (χ1) is 8.40. The number of hydrogen-bond donors (Lipinski definition) is 0. The third-order valence-electron chi connectivity index (χ3n) is 1.72. The minimum absolute atomic E-state index is 0.207. The van der Waals surface area contributed by atoms with Gasteiger partial charge < -0.3 is 0 Å². The van der Waals surface area contributed by atoms with E-state index in [1.807, 2.05) is 0 Å². The second-order valence-corrected chi connectivity index (χ2v) is 5.50. The van der Waals surface area contributed by atoms with Crippen LogP contribution in [0.25, 0.3) is 0 Å². The summed E-state index contributed by atoms with van der Waals surface area (Å²) in [5.41, 5.74) is 0. The summed E-state index contributed by atoms with van der Waals surface area (Å²) in [6, 6.07) is 5.49. The molecule has 0 aliphatic carbocycles. The standard InChI is InChI=1S/C11H11F3O3Se/c1-2-16-10(15)7-17-8-3-5-9(6-4-8)18-11(12,13)14/h3-6H,2,7H2,1H3. The van der Waals surface area contributed by atoms with Gasteiger partial charge in [-0.05, 0) is 0 Å². The number of esters is 1. The number of carbonyl (C=O) groups excluding carboxylic acids is 1. The Morgan fingerprint density at radius 3 is 2.39 bits per heavy atom. The minimum atomic E-state index is -4.17. The molecule has 0 saturated heterocycles. The van der Waals surface area contributed by atoms with Crippen LogP contribution in [0.1, 0.15) is 6.92 Å². The molecule has 0 unspecified atom stereocenters. The summed E-state index contributed by atoms with van der Waals surface area (Å²) in [7, 11) is 0. The summed E-state index contributed by atoms with van der Waals surface area (Å²) in [5, 5.41) is -4.17. The summed E-state index contributed by atoms with van der Waals surface area (Å²) >= 11 is -1.56. The number of halogens is 3. The first-order valence-corrected chi connectivity index (χ1v) is 6.76. The molecule has 1 rings (SSSR count). The van der Waals surface area contributed by atoms with Gasteiger partial charge in [-0.1, -0.05) is 0 Å². The van der Waals surface area contributed by atoms with E-state index in [1.165, 1.54) is 24.3 Å². The summed E-state index contributed by atoms with van der Waals surface area (Å²) < 4.78 is 46.3. The summed E-state index contributed by atoms with van der Waals surface area (Å²) in [6.45, 7) is 1.68. The zero-order valence-corrected chi connectivity index (χ0v) is 11.2. The van der Waals surface area contributed by atoms with Crippen molar-refractivity contribution in [3.05, 3.63) is 24.3 Å². The van der Waals surface area contributed by atoms with Crippen molar-refractivity contribution in [2.45, 2.75) is 12.0 Å². The fourth-order valence-corrected chi connectivity index (χ4v) is 2.21. The van der Waals surface area contributed by atoms with Crippen molar-refractivity contribution in [2.75, 3.05) is 13.2 Å². The number of alkyl halides is 3. The van der Waals surface area contributed by atoms with E-state index in [4.69, 9.17) is 4.74 Å². The van der Waals surface area contributed by atoms with Crippen molar-refractivity contribution < 1.29 is 27.4 Å². The van der Waals surface area contributed by atoms with Gasteiger partial charge in [-0.3, -0.25) is 0 Å². The van der Waals surface area contributed by atoms with Crippen LogP contribution in [0.4, 0.5) is 13.2 Å². The molecular formula is C11H11F3O3Se. The number of carbonyl (C=O) groups is 1. The Morgan fingerprint density at radius 1 is 1.28 bits per heavy atom. The normalized spacial score (nSPS) is 11.1. The van der Waals surface area contributed by atoms with Gasteiger partial charge in [0, 0.05) is 0 Å². The van der Waals surface area contributed by atoms with E-state index in [0.29, 0.717) is 5.75 Å². The molecule has 0 aliphatic rings. The Balaban J connectivity index is 2.48. The van der Waals surface area contributed by atoms with E-state index in [-0.39, 0.29) is 17.7 Å². The van der Waals surface area contributed by atoms with Crippen molar-refractivity contribution in [1.82, 2.24) is 0 Å². The molecule has 0 aliphatic heterocycles. The Kier molecular flexibility index (Phi) is 5.50. The van der Waals surface area contributed by atoms with Crippen molar-refractivity contribution in [3.63, 3.8) is 0 Å². The van der Waals surface area contributed by atoms with E-state index < -0.39 is 26.0 Å². The molecule has 18 heavy (non-hydrogen) atoms. The number of hydrogen-bond acceptors (Lipinski definition) is 3. The van der Waals surface area contributed by atoms with Gasteiger partial charge in [-0.2, -0.15) is 0 Å². The van der Waals surface area contributed by atoms with Crippen molar-refractivity contribution in [2.24, 2.45) is 0 Å². The topological polar surface area (TPSA) is 35.5 Å². The molecule has 0 N–H and O–H groups in total. The van der Waals surface area contributed by atoms with Crippen LogP contribution in [0.2, 0.25) is 0 Å². The third-order valence-corrected chi connectivity index (χ3v) is 3.27. The number of ether oxygens (including phenoxy) is 2. The predicted octanol–water partition coefficient (Wildman–Crippen LogP) is 1.48. The molecule has 3 nitrogen and oxygen atoms in total. The van der Waals surface area contributed by atoms with E-state index in [1.54, 1.807) is 6.92 Å². The summed E-state index contributed by atoms with van der Waals surface area (Å²) in [5.74, 6) is -0.175. The van der Waals surface area contributed by atoms with Gasteiger partial charge in [0.05, 0.1) is 0 Å². The Labute approximate surface area is 108 Å². The molecule has 0 radical (unpaired) electrons. The molecule has 0 heterocycles. The Hall–Kier alpha value is -1.20. The van der Waals surface area contributed by atoms with Crippen LogP contribution in [0, 0.1) is 0 Å². The van der Waals surface area contributed by atoms with E-state index in [9.17, 15) is 18.0 Å². The second kappa shape index (κ2) is 6.66. The Morgan fingerprint density at radius 2 is 1.89 bits per heavy atom. The Bertz CT molecular complexity index is 390. The summed E-state index contributed by atoms with van der Waals surface area (Å²) in [6.07, 6.45) is 0. The molecule has 0 amide bonds. The molecule has 0 spiro atoms. The van der Waals surface area contributed by atoms with Crippen LogP contribution >= 0.6 is 0 Å². The molecule has 100 valence electrons. The van der Waals surface area contributed by atoms with E-state index in [2.05, 4.69) is 4.74 Å². The van der Waals surface area contributed by atoms with Gasteiger partial charge in [-0.25, -0.2) is 0 Å². The van der Waals surface area contributed by atoms with Crippen LogP contribution in [0.3, 0.4) is 0 Å². The quantitative estimate of drug-likeness (QED) is 0.607. The fourth-order valence-electron chi connectivity index (χ4n) is 1.08. The van der Waals surface area contributed by atoms with E-state index in [0.717, 1.165) is 0 Å². The van der Waals surface area contributed by atoms with Crippen LogP contribution in [0.15, 0.2) is 24.3 Å². The van der Waals surface area contributed by atoms with Gasteiger partial charge in [0.2, 0.25) is 0 Å². The SMILES string of the molecule is CCOC(=O)COc1ccc([Se]C(F)(F)F)cc1. The molecule has 0 saturated carbocycles. The predicted molar refractivity (Wildman–Crippen MR) is 60.0 cm³/mol. The van der Waals surface area contributed by atoms with Gasteiger partial charge in [-0.15, -0.1) is 0 Å². The van der Waals surface area contributed by atoms with Crippen LogP contribution in [0.5, 0.6) is 5.75 Å². The van der Waals surface area contributed by atoms with Crippen LogP contribution in [-0.2, 0) is 9.53 Å². The maximum atomic E-state index is 12.1. The molecule has 7 heteroatoms. The van der Waals surface area contributed by atoms with Crippen molar-refractivity contribution >= 4 is 25.4 Å². The maximum absolute atomic E-state index is 12.1. The first kappa shape index (κ1) is 14.9. The van der Waals surface area contributed by atoms with Gasteiger partial charge in [0.15, 0.2) is 0 Å².